The van der Waals surface area contributed by atoms with Crippen LogP contribution >= 0.6 is 15.9 Å². The molecule has 5 heteroatoms. The molecule has 3 nitrogen and oxygen atoms in total. The van der Waals surface area contributed by atoms with E-state index in [1.165, 1.54) is 12.1 Å². The summed E-state index contributed by atoms with van der Waals surface area (Å²) in [5, 5.41) is 9.29. The van der Waals surface area contributed by atoms with Gasteiger partial charge in [-0.05, 0) is 52.9 Å². The molecule has 1 aromatic carbocycles. The van der Waals surface area contributed by atoms with Crippen LogP contribution in [0.4, 0.5) is 4.39 Å². The lowest BCUT2D eigenvalue weighted by molar-refractivity contribution is 0.254. The highest BCUT2D eigenvalue weighted by atomic mass is 79.9. The predicted octanol–water partition coefficient (Wildman–Crippen LogP) is 3.01. The molecule has 84 valence electrons. The van der Waals surface area contributed by atoms with Crippen molar-refractivity contribution in [1.29, 1.82) is 0 Å². The van der Waals surface area contributed by atoms with E-state index < -0.39 is 17.1 Å². The molecule has 0 heterocycles. The molecular formula is C11H9BrFNO2. The molecule has 0 aliphatic heterocycles. The predicted molar refractivity (Wildman–Crippen MR) is 59.4 cm³/mol. The van der Waals surface area contributed by atoms with E-state index in [0.29, 0.717) is 18.4 Å². The van der Waals surface area contributed by atoms with E-state index in [2.05, 4.69) is 20.9 Å². The number of hydrogen-bond donors (Lipinski definition) is 1. The maximum absolute atomic E-state index is 13.4. The Morgan fingerprint density at radius 1 is 1.50 bits per heavy atom. The maximum atomic E-state index is 13.4. The summed E-state index contributed by atoms with van der Waals surface area (Å²) >= 11 is 3.06. The number of benzene rings is 1. The first-order valence-electron chi connectivity index (χ1n) is 4.86. The van der Waals surface area contributed by atoms with E-state index in [0.717, 1.165) is 6.42 Å². The van der Waals surface area contributed by atoms with E-state index in [9.17, 15) is 14.3 Å². The normalized spacial score (nSPS) is 17.4. The average molecular weight is 286 g/mol. The number of aliphatic imine (C=N–C) groups is 1. The van der Waals surface area contributed by atoms with Gasteiger partial charge in [-0.1, -0.05) is 0 Å². The van der Waals surface area contributed by atoms with E-state index in [-0.39, 0.29) is 4.47 Å². The minimum atomic E-state index is -0.711. The smallest absolute Gasteiger partial charge is 0.235 e. The van der Waals surface area contributed by atoms with Crippen LogP contribution in [0.3, 0.4) is 0 Å². The van der Waals surface area contributed by atoms with Crippen molar-refractivity contribution in [1.82, 2.24) is 0 Å². The van der Waals surface area contributed by atoms with Crippen LogP contribution in [0.2, 0.25) is 0 Å². The summed E-state index contributed by atoms with van der Waals surface area (Å²) < 4.78 is 13.6. The van der Waals surface area contributed by atoms with Gasteiger partial charge in [0.1, 0.15) is 0 Å². The second-order valence-corrected chi connectivity index (χ2v) is 4.73. The molecule has 1 saturated carbocycles. The largest absolute Gasteiger partial charge is 0.504 e. The highest BCUT2D eigenvalue weighted by molar-refractivity contribution is 9.10. The third-order valence-corrected chi connectivity index (χ3v) is 3.60. The fraction of sp³-hybridized carbons (Fsp3) is 0.364. The highest BCUT2D eigenvalue weighted by Gasteiger charge is 2.39. The van der Waals surface area contributed by atoms with Crippen LogP contribution in [0.25, 0.3) is 0 Å². The van der Waals surface area contributed by atoms with Gasteiger partial charge in [0.25, 0.3) is 0 Å². The Morgan fingerprint density at radius 3 is 2.62 bits per heavy atom. The summed E-state index contributed by atoms with van der Waals surface area (Å²) in [4.78, 5) is 14.1. The quantitative estimate of drug-likeness (QED) is 0.671. The molecule has 0 aromatic heterocycles. The van der Waals surface area contributed by atoms with Crippen LogP contribution in [0.1, 0.15) is 24.8 Å². The van der Waals surface area contributed by atoms with Gasteiger partial charge < -0.3 is 5.11 Å². The molecule has 0 saturated heterocycles. The number of hydrogen-bond acceptors (Lipinski definition) is 3. The lowest BCUT2D eigenvalue weighted by Crippen LogP contribution is -2.32. The van der Waals surface area contributed by atoms with Crippen LogP contribution in [-0.4, -0.2) is 11.2 Å². The molecule has 1 fully saturated rings. The van der Waals surface area contributed by atoms with Crippen LogP contribution in [0.15, 0.2) is 21.6 Å². The summed E-state index contributed by atoms with van der Waals surface area (Å²) in [6, 6.07) is 2.82. The first-order valence-corrected chi connectivity index (χ1v) is 5.66. The van der Waals surface area contributed by atoms with E-state index in [4.69, 9.17) is 0 Å². The standard InChI is InChI=1S/C11H9BrFNO2/c12-8-4-7(5-9(13)10(8)16)11(14-6-15)2-1-3-11/h4-5,16H,1-3H2. The van der Waals surface area contributed by atoms with E-state index in [1.807, 2.05) is 0 Å². The number of isocyanates is 1. The first-order chi connectivity index (χ1) is 7.59. The average Bonchev–Trinajstić information content (AvgIpc) is 2.19. The van der Waals surface area contributed by atoms with Gasteiger partial charge in [0, 0.05) is 0 Å². The monoisotopic (exact) mass is 285 g/mol. The molecular weight excluding hydrogens is 277 g/mol. The Bertz CT molecular complexity index is 456. The van der Waals surface area contributed by atoms with Crippen molar-refractivity contribution in [2.24, 2.45) is 4.99 Å². The number of aromatic hydroxyl groups is 1. The topological polar surface area (TPSA) is 49.7 Å². The molecule has 1 aliphatic carbocycles. The summed E-state index contributed by atoms with van der Waals surface area (Å²) in [5.41, 5.74) is -0.0389. The molecule has 0 radical (unpaired) electrons. The van der Waals surface area contributed by atoms with Gasteiger partial charge in [-0.25, -0.2) is 9.18 Å². The molecule has 0 bridgehead atoms. The molecule has 0 unspecified atom stereocenters. The summed E-state index contributed by atoms with van der Waals surface area (Å²) in [5.74, 6) is -1.13. The van der Waals surface area contributed by atoms with E-state index in [1.54, 1.807) is 6.07 Å². The van der Waals surface area contributed by atoms with Crippen molar-refractivity contribution in [3.05, 3.63) is 28.0 Å². The number of nitrogens with zero attached hydrogens (tertiary/aromatic N) is 1. The Kier molecular flexibility index (Phi) is 2.82. The Balaban J connectivity index is 2.51. The van der Waals surface area contributed by atoms with Crippen LogP contribution < -0.4 is 0 Å². The molecule has 2 rings (SSSR count). The van der Waals surface area contributed by atoms with Crippen LogP contribution in [-0.2, 0) is 10.3 Å². The Labute approximate surface area is 100 Å². The second-order valence-electron chi connectivity index (χ2n) is 3.88. The molecule has 0 spiro atoms. The molecule has 0 atom stereocenters. The van der Waals surface area contributed by atoms with Crippen molar-refractivity contribution >= 4 is 22.0 Å². The molecule has 1 aliphatic rings. The highest BCUT2D eigenvalue weighted by Crippen LogP contribution is 2.46. The molecule has 0 amide bonds. The molecule has 1 N–H and O–H groups in total. The van der Waals surface area contributed by atoms with E-state index >= 15 is 0 Å². The summed E-state index contributed by atoms with van der Waals surface area (Å²) in [6.45, 7) is 0. The van der Waals surface area contributed by atoms with Gasteiger partial charge in [0.05, 0.1) is 10.0 Å². The third kappa shape index (κ3) is 1.66. The summed E-state index contributed by atoms with van der Waals surface area (Å²) in [7, 11) is 0. The number of phenols is 1. The number of rotatable bonds is 2. The van der Waals surface area contributed by atoms with Crippen molar-refractivity contribution in [2.75, 3.05) is 0 Å². The zero-order valence-corrected chi connectivity index (χ0v) is 9.92. The first kappa shape index (κ1) is 11.3. The minimum Gasteiger partial charge on any atom is -0.504 e. The van der Waals surface area contributed by atoms with Gasteiger partial charge in [-0.3, -0.25) is 0 Å². The lowest BCUT2D eigenvalue weighted by atomic mass is 9.72. The summed E-state index contributed by atoms with van der Waals surface area (Å²) in [6.07, 6.45) is 3.90. The number of phenolic OH excluding ortho intramolecular Hbond substituents is 1. The Morgan fingerprint density at radius 2 is 2.19 bits per heavy atom. The van der Waals surface area contributed by atoms with Gasteiger partial charge in [-0.15, -0.1) is 0 Å². The van der Waals surface area contributed by atoms with Crippen LogP contribution in [0.5, 0.6) is 5.75 Å². The van der Waals surface area contributed by atoms with Crippen molar-refractivity contribution < 1.29 is 14.3 Å². The lowest BCUT2D eigenvalue weighted by Gasteiger charge is -2.37. The molecule has 16 heavy (non-hydrogen) atoms. The zero-order valence-electron chi connectivity index (χ0n) is 8.33. The van der Waals surface area contributed by atoms with Gasteiger partial charge in [0.15, 0.2) is 11.6 Å². The van der Waals surface area contributed by atoms with Gasteiger partial charge >= 0.3 is 0 Å². The van der Waals surface area contributed by atoms with Gasteiger partial charge in [0.2, 0.25) is 6.08 Å². The zero-order chi connectivity index (χ0) is 11.8. The number of halogens is 2. The minimum absolute atomic E-state index is 0.273. The fourth-order valence-corrected chi connectivity index (χ4v) is 2.33. The fourth-order valence-electron chi connectivity index (χ4n) is 1.90. The maximum Gasteiger partial charge on any atom is 0.235 e. The Hall–Kier alpha value is -1.19. The van der Waals surface area contributed by atoms with Crippen molar-refractivity contribution in [3.63, 3.8) is 0 Å². The van der Waals surface area contributed by atoms with Crippen molar-refractivity contribution in [2.45, 2.75) is 24.8 Å². The number of carbonyl (C=O) groups excluding carboxylic acids is 1. The second kappa shape index (κ2) is 4.00. The molecule has 1 aromatic rings. The third-order valence-electron chi connectivity index (χ3n) is 2.99. The van der Waals surface area contributed by atoms with Crippen molar-refractivity contribution in [3.8, 4) is 5.75 Å². The van der Waals surface area contributed by atoms with Gasteiger partial charge in [-0.2, -0.15) is 4.99 Å². The van der Waals surface area contributed by atoms with Crippen LogP contribution in [0, 0.1) is 5.82 Å². The SMILES string of the molecule is O=C=NC1(c2cc(F)c(O)c(Br)c2)CCC1.